The van der Waals surface area contributed by atoms with Gasteiger partial charge in [-0.15, -0.1) is 0 Å². The third kappa shape index (κ3) is 2.36. The summed E-state index contributed by atoms with van der Waals surface area (Å²) in [6, 6.07) is 1.52. The molecule has 2 atom stereocenters. The van der Waals surface area contributed by atoms with Gasteiger partial charge in [0.25, 0.3) is 0 Å². The van der Waals surface area contributed by atoms with E-state index in [-0.39, 0.29) is 5.28 Å². The molecule has 6 nitrogen and oxygen atoms in total. The van der Waals surface area contributed by atoms with Crippen LogP contribution < -0.4 is 5.32 Å². The number of hydrogen-bond donors (Lipinski definition) is 2. The number of aromatic amines is 1. The van der Waals surface area contributed by atoms with Gasteiger partial charge in [-0.05, 0) is 50.2 Å². The van der Waals surface area contributed by atoms with Gasteiger partial charge in [0.2, 0.25) is 5.28 Å². The zero-order chi connectivity index (χ0) is 14.4. The molecular weight excluding hydrogens is 288 g/mol. The van der Waals surface area contributed by atoms with E-state index >= 15 is 0 Å². The molecule has 4 heterocycles. The average molecular weight is 307 g/mol. The maximum absolute atomic E-state index is 5.96. The molecule has 0 spiro atoms. The van der Waals surface area contributed by atoms with E-state index in [0.717, 1.165) is 29.8 Å². The lowest BCUT2D eigenvalue weighted by Crippen LogP contribution is -2.41. The Kier molecular flexibility index (Phi) is 3.23. The Morgan fingerprint density at radius 3 is 2.86 bits per heavy atom. The van der Waals surface area contributed by atoms with Gasteiger partial charge in [-0.3, -0.25) is 5.10 Å². The molecule has 2 aliphatic heterocycles. The molecule has 7 heteroatoms. The molecule has 2 saturated heterocycles. The van der Waals surface area contributed by atoms with Crippen molar-refractivity contribution in [3.8, 4) is 0 Å². The number of aromatic nitrogens is 4. The van der Waals surface area contributed by atoms with Gasteiger partial charge < -0.3 is 10.2 Å². The van der Waals surface area contributed by atoms with Gasteiger partial charge in [-0.2, -0.15) is 15.1 Å². The van der Waals surface area contributed by atoms with E-state index in [1.807, 2.05) is 0 Å². The molecule has 2 unspecified atom stereocenters. The fraction of sp³-hybridized carbons (Fsp3) is 0.643. The maximum Gasteiger partial charge on any atom is 0.226 e. The summed E-state index contributed by atoms with van der Waals surface area (Å²) in [6.45, 7) is 0.939. The summed E-state index contributed by atoms with van der Waals surface area (Å²) in [7, 11) is 2.27. The lowest BCUT2D eigenvalue weighted by Gasteiger charge is -2.36. The summed E-state index contributed by atoms with van der Waals surface area (Å²) in [6.07, 6.45) is 6.99. The monoisotopic (exact) mass is 306 g/mol. The summed E-state index contributed by atoms with van der Waals surface area (Å²) >= 11 is 5.96. The predicted molar refractivity (Wildman–Crippen MR) is 82.5 cm³/mol. The Morgan fingerprint density at radius 2 is 2.10 bits per heavy atom. The van der Waals surface area contributed by atoms with Gasteiger partial charge in [0.05, 0.1) is 11.6 Å². The number of nitrogens with one attached hydrogen (secondary N) is 2. The fourth-order valence-corrected chi connectivity index (χ4v) is 4.04. The summed E-state index contributed by atoms with van der Waals surface area (Å²) < 4.78 is 0. The van der Waals surface area contributed by atoms with Gasteiger partial charge in [0.15, 0.2) is 5.65 Å². The molecule has 2 N–H and O–H groups in total. The highest BCUT2D eigenvalue weighted by Gasteiger charge is 2.38. The molecule has 21 heavy (non-hydrogen) atoms. The van der Waals surface area contributed by atoms with E-state index in [4.69, 9.17) is 11.6 Å². The number of H-pyrrole nitrogens is 1. The molecule has 2 aliphatic rings. The van der Waals surface area contributed by atoms with Crippen LogP contribution in [0, 0.1) is 5.92 Å². The smallest absolute Gasteiger partial charge is 0.226 e. The van der Waals surface area contributed by atoms with Crippen LogP contribution in [-0.2, 0) is 0 Å². The minimum Gasteiger partial charge on any atom is -0.369 e. The molecule has 2 aromatic rings. The Balaban J connectivity index is 1.48. The second-order valence-electron chi connectivity index (χ2n) is 6.24. The third-order valence-electron chi connectivity index (χ3n) is 5.04. The van der Waals surface area contributed by atoms with Crippen molar-refractivity contribution >= 4 is 28.5 Å². The molecule has 0 radical (unpaired) electrons. The molecule has 0 aliphatic carbocycles. The van der Waals surface area contributed by atoms with E-state index in [1.165, 1.54) is 25.7 Å². The topological polar surface area (TPSA) is 69.7 Å². The van der Waals surface area contributed by atoms with Crippen LogP contribution in [0.15, 0.2) is 6.20 Å². The van der Waals surface area contributed by atoms with Crippen LogP contribution in [-0.4, -0.2) is 50.7 Å². The first kappa shape index (κ1) is 13.3. The second kappa shape index (κ2) is 5.10. The summed E-state index contributed by atoms with van der Waals surface area (Å²) in [5.41, 5.74) is 0.681. The SMILES string of the molecule is CN1C2CCC1CC(CNc1nc(Cl)nc3[nH]ncc13)C2. The van der Waals surface area contributed by atoms with Gasteiger partial charge in [-0.25, -0.2) is 0 Å². The van der Waals surface area contributed by atoms with Crippen molar-refractivity contribution in [2.45, 2.75) is 37.8 Å². The number of nitrogens with zero attached hydrogens (tertiary/aromatic N) is 4. The molecule has 2 aromatic heterocycles. The summed E-state index contributed by atoms with van der Waals surface area (Å²) in [5.74, 6) is 1.49. The van der Waals surface area contributed by atoms with Crippen molar-refractivity contribution in [2.75, 3.05) is 18.9 Å². The van der Waals surface area contributed by atoms with Crippen LogP contribution in [0.1, 0.15) is 25.7 Å². The van der Waals surface area contributed by atoms with Crippen LogP contribution in [0.5, 0.6) is 0 Å². The number of hydrogen-bond acceptors (Lipinski definition) is 5. The number of halogens is 1. The minimum absolute atomic E-state index is 0.248. The zero-order valence-electron chi connectivity index (χ0n) is 12.0. The van der Waals surface area contributed by atoms with Crippen LogP contribution in [0.25, 0.3) is 11.0 Å². The Labute approximate surface area is 128 Å². The van der Waals surface area contributed by atoms with Crippen molar-refractivity contribution in [1.29, 1.82) is 0 Å². The lowest BCUT2D eigenvalue weighted by atomic mass is 9.91. The largest absolute Gasteiger partial charge is 0.369 e. The first-order valence-corrected chi connectivity index (χ1v) is 7.91. The number of piperidine rings is 1. The highest BCUT2D eigenvalue weighted by Crippen LogP contribution is 2.37. The maximum atomic E-state index is 5.96. The highest BCUT2D eigenvalue weighted by atomic mass is 35.5. The molecule has 112 valence electrons. The number of anilines is 1. The molecular formula is C14H19ClN6. The summed E-state index contributed by atoms with van der Waals surface area (Å²) in [4.78, 5) is 11.0. The number of fused-ring (bicyclic) bond motifs is 3. The van der Waals surface area contributed by atoms with Gasteiger partial charge in [0, 0.05) is 18.6 Å². The van der Waals surface area contributed by atoms with Gasteiger partial charge in [-0.1, -0.05) is 0 Å². The zero-order valence-corrected chi connectivity index (χ0v) is 12.8. The average Bonchev–Trinajstić information content (AvgIpc) is 2.98. The van der Waals surface area contributed by atoms with Crippen molar-refractivity contribution < 1.29 is 0 Å². The van der Waals surface area contributed by atoms with Crippen molar-refractivity contribution in [2.24, 2.45) is 5.92 Å². The van der Waals surface area contributed by atoms with E-state index in [2.05, 4.69) is 37.4 Å². The first-order valence-electron chi connectivity index (χ1n) is 7.53. The Morgan fingerprint density at radius 1 is 1.33 bits per heavy atom. The Hall–Kier alpha value is -1.40. The van der Waals surface area contributed by atoms with Crippen molar-refractivity contribution in [3.05, 3.63) is 11.5 Å². The highest BCUT2D eigenvalue weighted by molar-refractivity contribution is 6.28. The molecule has 2 fully saturated rings. The van der Waals surface area contributed by atoms with Crippen molar-refractivity contribution in [3.63, 3.8) is 0 Å². The normalized spacial score (nSPS) is 29.1. The third-order valence-corrected chi connectivity index (χ3v) is 5.21. The molecule has 0 aromatic carbocycles. The standard InChI is InChI=1S/C14H19ClN6/c1-21-9-2-3-10(21)5-8(4-9)6-16-12-11-7-17-20-13(11)19-14(15)18-12/h7-10H,2-6H2,1H3,(H2,16,17,18,19,20). The molecule has 0 amide bonds. The minimum atomic E-state index is 0.248. The van der Waals surface area contributed by atoms with Gasteiger partial charge in [0.1, 0.15) is 5.82 Å². The number of rotatable bonds is 3. The lowest BCUT2D eigenvalue weighted by molar-refractivity contribution is 0.139. The fourth-order valence-electron chi connectivity index (χ4n) is 3.87. The molecule has 2 bridgehead atoms. The molecule has 0 saturated carbocycles. The molecule has 4 rings (SSSR count). The van der Waals surface area contributed by atoms with Crippen LogP contribution in [0.2, 0.25) is 5.28 Å². The summed E-state index contributed by atoms with van der Waals surface area (Å²) in [5, 5.41) is 11.4. The predicted octanol–water partition coefficient (Wildman–Crippen LogP) is 2.29. The van der Waals surface area contributed by atoms with Crippen LogP contribution in [0.3, 0.4) is 0 Å². The second-order valence-corrected chi connectivity index (χ2v) is 6.58. The van der Waals surface area contributed by atoms with E-state index in [0.29, 0.717) is 11.6 Å². The van der Waals surface area contributed by atoms with E-state index < -0.39 is 0 Å². The van der Waals surface area contributed by atoms with Crippen LogP contribution >= 0.6 is 11.6 Å². The van der Waals surface area contributed by atoms with Gasteiger partial charge >= 0.3 is 0 Å². The van der Waals surface area contributed by atoms with E-state index in [1.54, 1.807) is 6.20 Å². The first-order chi connectivity index (χ1) is 10.2. The van der Waals surface area contributed by atoms with Crippen LogP contribution in [0.4, 0.5) is 5.82 Å². The van der Waals surface area contributed by atoms with E-state index in [9.17, 15) is 0 Å². The Bertz CT molecular complexity index is 642. The quantitative estimate of drug-likeness (QED) is 0.852. The van der Waals surface area contributed by atoms with Crippen molar-refractivity contribution in [1.82, 2.24) is 25.1 Å².